The zero-order valence-corrected chi connectivity index (χ0v) is 11.1. The lowest BCUT2D eigenvalue weighted by molar-refractivity contribution is 0.561. The Morgan fingerprint density at radius 1 is 1.00 bits per heavy atom. The summed E-state index contributed by atoms with van der Waals surface area (Å²) < 4.78 is 27.8. The zero-order chi connectivity index (χ0) is 13.1. The van der Waals surface area contributed by atoms with E-state index in [-0.39, 0.29) is 18.1 Å². The second kappa shape index (κ2) is 5.59. The van der Waals surface area contributed by atoms with Gasteiger partial charge in [0.25, 0.3) is 0 Å². The van der Waals surface area contributed by atoms with Gasteiger partial charge in [-0.15, -0.1) is 0 Å². The van der Waals surface area contributed by atoms with E-state index in [0.717, 1.165) is 0 Å². The fraction of sp³-hybridized carbons (Fsp3) is 0.143. The topological polar surface area (TPSA) is 26.0 Å². The van der Waals surface area contributed by atoms with Gasteiger partial charge in [-0.05, 0) is 30.2 Å². The Bertz CT molecular complexity index is 537. The maximum absolute atomic E-state index is 13.7. The molecule has 94 valence electrons. The van der Waals surface area contributed by atoms with Crippen LogP contribution in [0.4, 0.5) is 8.78 Å². The summed E-state index contributed by atoms with van der Waals surface area (Å²) in [5.74, 6) is -0.700. The van der Waals surface area contributed by atoms with Crippen molar-refractivity contribution >= 4 is 15.9 Å². The molecule has 0 bridgehead atoms. The maximum atomic E-state index is 13.7. The van der Waals surface area contributed by atoms with E-state index in [1.807, 2.05) is 0 Å². The molecular formula is C14H12BrF2N. The summed E-state index contributed by atoms with van der Waals surface area (Å²) >= 11 is 3.27. The first-order chi connectivity index (χ1) is 8.59. The molecule has 0 heterocycles. The molecule has 0 radical (unpaired) electrons. The molecule has 0 fully saturated rings. The minimum absolute atomic E-state index is 0.256. The standard InChI is InChI=1S/C14H12BrF2N/c15-10-5-3-7-12(17)14(10)13(18)8-9-4-1-2-6-11(9)16/h1-7,13H,8,18H2. The van der Waals surface area contributed by atoms with Gasteiger partial charge in [-0.3, -0.25) is 0 Å². The molecule has 0 saturated carbocycles. The highest BCUT2D eigenvalue weighted by Crippen LogP contribution is 2.27. The number of halogens is 3. The van der Waals surface area contributed by atoms with Gasteiger partial charge in [0, 0.05) is 16.1 Å². The molecule has 1 nitrogen and oxygen atoms in total. The van der Waals surface area contributed by atoms with Crippen LogP contribution in [0.5, 0.6) is 0 Å². The van der Waals surface area contributed by atoms with Gasteiger partial charge in [-0.25, -0.2) is 8.78 Å². The van der Waals surface area contributed by atoms with Gasteiger partial charge in [-0.1, -0.05) is 40.2 Å². The third-order valence-electron chi connectivity index (χ3n) is 2.77. The fourth-order valence-electron chi connectivity index (χ4n) is 1.87. The van der Waals surface area contributed by atoms with Crippen molar-refractivity contribution in [2.45, 2.75) is 12.5 Å². The molecule has 0 saturated heterocycles. The van der Waals surface area contributed by atoms with E-state index in [1.54, 1.807) is 30.3 Å². The summed E-state index contributed by atoms with van der Waals surface area (Å²) in [5.41, 5.74) is 6.82. The van der Waals surface area contributed by atoms with E-state index in [2.05, 4.69) is 15.9 Å². The highest BCUT2D eigenvalue weighted by atomic mass is 79.9. The first kappa shape index (κ1) is 13.2. The van der Waals surface area contributed by atoms with Crippen LogP contribution < -0.4 is 5.73 Å². The Hall–Kier alpha value is -1.26. The summed E-state index contributed by atoms with van der Waals surface area (Å²) in [6.45, 7) is 0. The second-order valence-electron chi connectivity index (χ2n) is 4.04. The van der Waals surface area contributed by atoms with E-state index >= 15 is 0 Å². The lowest BCUT2D eigenvalue weighted by Crippen LogP contribution is -2.16. The molecule has 4 heteroatoms. The largest absolute Gasteiger partial charge is 0.324 e. The van der Waals surface area contributed by atoms with Crippen molar-refractivity contribution in [1.29, 1.82) is 0 Å². The van der Waals surface area contributed by atoms with E-state index in [0.29, 0.717) is 15.6 Å². The normalized spacial score (nSPS) is 12.4. The van der Waals surface area contributed by atoms with Crippen molar-refractivity contribution in [2.75, 3.05) is 0 Å². The van der Waals surface area contributed by atoms with Gasteiger partial charge >= 0.3 is 0 Å². The van der Waals surface area contributed by atoms with Crippen molar-refractivity contribution < 1.29 is 8.78 Å². The molecule has 0 spiro atoms. The van der Waals surface area contributed by atoms with Crippen molar-refractivity contribution in [3.63, 3.8) is 0 Å². The number of hydrogen-bond donors (Lipinski definition) is 1. The van der Waals surface area contributed by atoms with Gasteiger partial charge in [-0.2, -0.15) is 0 Å². The Morgan fingerprint density at radius 3 is 2.33 bits per heavy atom. The number of nitrogens with two attached hydrogens (primary N) is 1. The van der Waals surface area contributed by atoms with Gasteiger partial charge in [0.2, 0.25) is 0 Å². The Kier molecular flexibility index (Phi) is 4.09. The van der Waals surface area contributed by atoms with Gasteiger partial charge in [0.15, 0.2) is 0 Å². The molecule has 1 atom stereocenters. The van der Waals surface area contributed by atoms with Crippen LogP contribution in [0.2, 0.25) is 0 Å². The third-order valence-corrected chi connectivity index (χ3v) is 3.46. The minimum atomic E-state index is -0.586. The van der Waals surface area contributed by atoms with Crippen LogP contribution in [0.1, 0.15) is 17.2 Å². The second-order valence-corrected chi connectivity index (χ2v) is 4.89. The van der Waals surface area contributed by atoms with Gasteiger partial charge in [0.1, 0.15) is 11.6 Å². The monoisotopic (exact) mass is 311 g/mol. The first-order valence-electron chi connectivity index (χ1n) is 5.52. The lowest BCUT2D eigenvalue weighted by atomic mass is 9.99. The molecule has 2 rings (SSSR count). The molecule has 2 N–H and O–H groups in total. The molecule has 18 heavy (non-hydrogen) atoms. The SMILES string of the molecule is NC(Cc1ccccc1F)c1c(F)cccc1Br. The van der Waals surface area contributed by atoms with Crippen LogP contribution in [-0.2, 0) is 6.42 Å². The van der Waals surface area contributed by atoms with E-state index < -0.39 is 6.04 Å². The summed E-state index contributed by atoms with van der Waals surface area (Å²) in [4.78, 5) is 0. The smallest absolute Gasteiger partial charge is 0.129 e. The quantitative estimate of drug-likeness (QED) is 0.912. The number of hydrogen-bond acceptors (Lipinski definition) is 1. The molecular weight excluding hydrogens is 300 g/mol. The van der Waals surface area contributed by atoms with Crippen LogP contribution >= 0.6 is 15.9 Å². The van der Waals surface area contributed by atoms with E-state index in [1.165, 1.54) is 12.1 Å². The molecule has 1 unspecified atom stereocenters. The summed E-state index contributed by atoms with van der Waals surface area (Å²) in [6.07, 6.45) is 0.256. The molecule has 0 aliphatic heterocycles. The van der Waals surface area contributed by atoms with Crippen LogP contribution in [0, 0.1) is 11.6 Å². The zero-order valence-electron chi connectivity index (χ0n) is 9.54. The highest BCUT2D eigenvalue weighted by molar-refractivity contribution is 9.10. The number of rotatable bonds is 3. The minimum Gasteiger partial charge on any atom is -0.324 e. The van der Waals surface area contributed by atoms with Crippen LogP contribution in [0.15, 0.2) is 46.9 Å². The molecule has 0 aromatic heterocycles. The molecule has 2 aromatic rings. The van der Waals surface area contributed by atoms with Crippen molar-refractivity contribution in [2.24, 2.45) is 5.73 Å². The van der Waals surface area contributed by atoms with Crippen molar-refractivity contribution in [3.8, 4) is 0 Å². The maximum Gasteiger partial charge on any atom is 0.129 e. The highest BCUT2D eigenvalue weighted by Gasteiger charge is 2.16. The fourth-order valence-corrected chi connectivity index (χ4v) is 2.50. The van der Waals surface area contributed by atoms with Crippen molar-refractivity contribution in [1.82, 2.24) is 0 Å². The van der Waals surface area contributed by atoms with Crippen molar-refractivity contribution in [3.05, 3.63) is 69.7 Å². The van der Waals surface area contributed by atoms with Gasteiger partial charge < -0.3 is 5.73 Å². The predicted molar refractivity (Wildman–Crippen MR) is 71.1 cm³/mol. The van der Waals surface area contributed by atoms with E-state index in [9.17, 15) is 8.78 Å². The summed E-state index contributed by atoms with van der Waals surface area (Å²) in [7, 11) is 0. The molecule has 0 aliphatic rings. The molecule has 0 amide bonds. The Balaban J connectivity index is 2.28. The first-order valence-corrected chi connectivity index (χ1v) is 6.32. The van der Waals surface area contributed by atoms with Gasteiger partial charge in [0.05, 0.1) is 0 Å². The van der Waals surface area contributed by atoms with Crippen LogP contribution in [-0.4, -0.2) is 0 Å². The predicted octanol–water partition coefficient (Wildman–Crippen LogP) is 3.97. The summed E-state index contributed by atoms with van der Waals surface area (Å²) in [5, 5.41) is 0. The summed E-state index contributed by atoms with van der Waals surface area (Å²) in [6, 6.07) is 10.5. The molecule has 2 aromatic carbocycles. The Morgan fingerprint density at radius 2 is 1.67 bits per heavy atom. The third kappa shape index (κ3) is 2.76. The average molecular weight is 312 g/mol. The Labute approximate surface area is 113 Å². The van der Waals surface area contributed by atoms with Crippen LogP contribution in [0.3, 0.4) is 0 Å². The molecule has 0 aliphatic carbocycles. The number of benzene rings is 2. The lowest BCUT2D eigenvalue weighted by Gasteiger charge is -2.15. The average Bonchev–Trinajstić information content (AvgIpc) is 2.32. The van der Waals surface area contributed by atoms with E-state index in [4.69, 9.17) is 5.73 Å². The van der Waals surface area contributed by atoms with Crippen LogP contribution in [0.25, 0.3) is 0 Å².